The summed E-state index contributed by atoms with van der Waals surface area (Å²) < 4.78 is 11.2. The third-order valence-corrected chi connectivity index (χ3v) is 5.79. The van der Waals surface area contributed by atoms with Crippen LogP contribution in [0.5, 0.6) is 0 Å². The molecule has 0 bridgehead atoms. The van der Waals surface area contributed by atoms with Gasteiger partial charge in [-0.15, -0.1) is 0 Å². The number of likely N-dealkylation sites (tertiary alicyclic amines) is 1. The predicted molar refractivity (Wildman–Crippen MR) is 94.6 cm³/mol. The lowest BCUT2D eigenvalue weighted by molar-refractivity contribution is -0.0648. The average Bonchev–Trinajstić information content (AvgIpc) is 3.27. The molecule has 1 aromatic rings. The van der Waals surface area contributed by atoms with Crippen LogP contribution in [-0.2, 0) is 22.3 Å². The summed E-state index contributed by atoms with van der Waals surface area (Å²) in [6.07, 6.45) is 8.76. The van der Waals surface area contributed by atoms with Crippen molar-refractivity contribution in [2.75, 3.05) is 32.9 Å². The van der Waals surface area contributed by atoms with Crippen LogP contribution < -0.4 is 0 Å². The lowest BCUT2D eigenvalue weighted by Gasteiger charge is -2.27. The fourth-order valence-electron chi connectivity index (χ4n) is 4.40. The van der Waals surface area contributed by atoms with Crippen LogP contribution in [-0.4, -0.2) is 65.1 Å². The van der Waals surface area contributed by atoms with Gasteiger partial charge in [0.05, 0.1) is 30.6 Å². The maximum absolute atomic E-state index is 10.4. The van der Waals surface area contributed by atoms with Crippen molar-refractivity contribution in [2.24, 2.45) is 0 Å². The van der Waals surface area contributed by atoms with Gasteiger partial charge in [-0.25, -0.2) is 4.98 Å². The van der Waals surface area contributed by atoms with Crippen molar-refractivity contribution in [2.45, 2.75) is 69.6 Å². The summed E-state index contributed by atoms with van der Waals surface area (Å²) in [5, 5.41) is 10.4. The number of aromatic nitrogens is 2. The summed E-state index contributed by atoms with van der Waals surface area (Å²) in [6.45, 7) is 3.67. The number of aromatic amines is 1. The van der Waals surface area contributed by atoms with Gasteiger partial charge in [-0.1, -0.05) is 0 Å². The molecule has 0 aromatic carbocycles. The summed E-state index contributed by atoms with van der Waals surface area (Å²) in [5.74, 6) is 1.11. The van der Waals surface area contributed by atoms with Crippen LogP contribution in [0, 0.1) is 0 Å². The van der Waals surface area contributed by atoms with Gasteiger partial charge in [0.1, 0.15) is 5.82 Å². The molecule has 6 heteroatoms. The number of nitrogens with zero attached hydrogens (tertiary/aromatic N) is 2. The first-order valence-corrected chi connectivity index (χ1v) is 9.98. The van der Waals surface area contributed by atoms with Crippen LogP contribution in [0.3, 0.4) is 0 Å². The van der Waals surface area contributed by atoms with Crippen molar-refractivity contribution in [3.63, 3.8) is 0 Å². The van der Waals surface area contributed by atoms with E-state index in [1.807, 2.05) is 0 Å². The molecule has 2 N–H and O–H groups in total. The Kier molecular flexibility index (Phi) is 5.70. The van der Waals surface area contributed by atoms with E-state index in [4.69, 9.17) is 14.5 Å². The highest BCUT2D eigenvalue weighted by molar-refractivity contribution is 5.19. The van der Waals surface area contributed by atoms with E-state index in [0.29, 0.717) is 19.2 Å². The SMILES string of the molecule is OC(COC1CCOCC1)CN1CCCC1c1nc2c([nH]1)CCCC2. The van der Waals surface area contributed by atoms with Crippen LogP contribution in [0.2, 0.25) is 0 Å². The zero-order chi connectivity index (χ0) is 17.1. The maximum atomic E-state index is 10.4. The topological polar surface area (TPSA) is 70.6 Å². The Morgan fingerprint density at radius 2 is 2.04 bits per heavy atom. The Bertz CT molecular complexity index is 533. The molecule has 25 heavy (non-hydrogen) atoms. The number of nitrogens with one attached hydrogen (secondary N) is 1. The van der Waals surface area contributed by atoms with Gasteiger partial charge in [-0.3, -0.25) is 4.90 Å². The first-order valence-electron chi connectivity index (χ1n) is 9.98. The van der Waals surface area contributed by atoms with Crippen LogP contribution in [0.1, 0.15) is 61.8 Å². The van der Waals surface area contributed by atoms with Crippen LogP contribution in [0.4, 0.5) is 0 Å². The minimum Gasteiger partial charge on any atom is -0.389 e. The molecule has 0 saturated carbocycles. The van der Waals surface area contributed by atoms with Crippen LogP contribution in [0.15, 0.2) is 0 Å². The lowest BCUT2D eigenvalue weighted by Crippen LogP contribution is -2.36. The molecule has 6 nitrogen and oxygen atoms in total. The van der Waals surface area contributed by atoms with Crippen molar-refractivity contribution in [1.82, 2.24) is 14.9 Å². The van der Waals surface area contributed by atoms with Gasteiger partial charge in [-0.05, 0) is 57.9 Å². The van der Waals surface area contributed by atoms with E-state index in [1.54, 1.807) is 0 Å². The number of hydrogen-bond donors (Lipinski definition) is 2. The Hall–Kier alpha value is -0.950. The summed E-state index contributed by atoms with van der Waals surface area (Å²) >= 11 is 0. The van der Waals surface area contributed by atoms with Gasteiger partial charge in [0, 0.05) is 25.5 Å². The molecule has 1 aliphatic carbocycles. The first kappa shape index (κ1) is 17.5. The van der Waals surface area contributed by atoms with Gasteiger partial charge < -0.3 is 19.6 Å². The molecule has 4 rings (SSSR count). The molecule has 2 unspecified atom stereocenters. The number of ether oxygens (including phenoxy) is 2. The third-order valence-electron chi connectivity index (χ3n) is 5.79. The standard InChI is InChI=1S/C19H31N3O3/c23-14(13-25-15-7-10-24-11-8-15)12-22-9-3-6-18(22)19-20-16-4-1-2-5-17(16)21-19/h14-15,18,23H,1-13H2,(H,20,21). The largest absolute Gasteiger partial charge is 0.389 e. The Labute approximate surface area is 149 Å². The third kappa shape index (κ3) is 4.25. The van der Waals surface area contributed by atoms with Crippen LogP contribution in [0.25, 0.3) is 0 Å². The Balaban J connectivity index is 1.31. The molecule has 2 atom stereocenters. The number of H-pyrrole nitrogens is 1. The van der Waals surface area contributed by atoms with Gasteiger partial charge >= 0.3 is 0 Å². The van der Waals surface area contributed by atoms with E-state index in [-0.39, 0.29) is 6.10 Å². The summed E-state index contributed by atoms with van der Waals surface area (Å²) in [6, 6.07) is 0.323. The van der Waals surface area contributed by atoms with Gasteiger partial charge in [0.25, 0.3) is 0 Å². The van der Waals surface area contributed by atoms with E-state index < -0.39 is 6.10 Å². The number of imidazole rings is 1. The first-order chi connectivity index (χ1) is 12.3. The highest BCUT2D eigenvalue weighted by Crippen LogP contribution is 2.32. The van der Waals surface area contributed by atoms with E-state index in [2.05, 4.69) is 9.88 Å². The highest BCUT2D eigenvalue weighted by atomic mass is 16.5. The normalized spacial score (nSPS) is 26.7. The second-order valence-corrected chi connectivity index (χ2v) is 7.71. The predicted octanol–water partition coefficient (Wildman–Crippen LogP) is 1.98. The molecule has 2 fully saturated rings. The number of aryl methyl sites for hydroxylation is 2. The Morgan fingerprint density at radius 3 is 2.88 bits per heavy atom. The molecule has 1 aromatic heterocycles. The number of hydrogen-bond acceptors (Lipinski definition) is 5. The number of aliphatic hydroxyl groups is 1. The molecular weight excluding hydrogens is 318 g/mol. The molecule has 3 aliphatic rings. The fourth-order valence-corrected chi connectivity index (χ4v) is 4.40. The summed E-state index contributed by atoms with van der Waals surface area (Å²) in [7, 11) is 0. The number of fused-ring (bicyclic) bond motifs is 1. The zero-order valence-corrected chi connectivity index (χ0v) is 15.1. The van der Waals surface area contributed by atoms with Crippen molar-refractivity contribution < 1.29 is 14.6 Å². The molecule has 3 heterocycles. The minimum absolute atomic E-state index is 0.245. The van der Waals surface area contributed by atoms with E-state index >= 15 is 0 Å². The quantitative estimate of drug-likeness (QED) is 0.822. The summed E-state index contributed by atoms with van der Waals surface area (Å²) in [4.78, 5) is 10.8. The van der Waals surface area contributed by atoms with E-state index in [0.717, 1.165) is 57.7 Å². The molecule has 0 spiro atoms. The van der Waals surface area contributed by atoms with Crippen molar-refractivity contribution in [1.29, 1.82) is 0 Å². The minimum atomic E-state index is -0.437. The number of rotatable bonds is 6. The molecule has 0 radical (unpaired) electrons. The number of aliphatic hydroxyl groups excluding tert-OH is 1. The molecule has 2 aliphatic heterocycles. The molecule has 140 valence electrons. The highest BCUT2D eigenvalue weighted by Gasteiger charge is 2.31. The average molecular weight is 349 g/mol. The molecular formula is C19H31N3O3. The van der Waals surface area contributed by atoms with Crippen LogP contribution >= 0.6 is 0 Å². The second-order valence-electron chi connectivity index (χ2n) is 7.71. The molecule has 0 amide bonds. The summed E-state index contributed by atoms with van der Waals surface area (Å²) in [5.41, 5.74) is 2.62. The van der Waals surface area contributed by atoms with Crippen molar-refractivity contribution in [3.05, 3.63) is 17.2 Å². The fraction of sp³-hybridized carbons (Fsp3) is 0.842. The smallest absolute Gasteiger partial charge is 0.124 e. The lowest BCUT2D eigenvalue weighted by atomic mass is 10.0. The van der Waals surface area contributed by atoms with Gasteiger partial charge in [0.2, 0.25) is 0 Å². The van der Waals surface area contributed by atoms with Crippen molar-refractivity contribution >= 4 is 0 Å². The maximum Gasteiger partial charge on any atom is 0.124 e. The zero-order valence-electron chi connectivity index (χ0n) is 15.1. The van der Waals surface area contributed by atoms with Gasteiger partial charge in [-0.2, -0.15) is 0 Å². The monoisotopic (exact) mass is 349 g/mol. The van der Waals surface area contributed by atoms with E-state index in [1.165, 1.54) is 30.7 Å². The second kappa shape index (κ2) is 8.16. The molecule has 2 saturated heterocycles. The van der Waals surface area contributed by atoms with Crippen molar-refractivity contribution in [3.8, 4) is 0 Å². The Morgan fingerprint density at radius 1 is 1.20 bits per heavy atom. The van der Waals surface area contributed by atoms with Gasteiger partial charge in [0.15, 0.2) is 0 Å². The number of β-amino-alcohol motifs (C(OH)–C–C–N with tert-alkyl or cyclic N) is 1. The van der Waals surface area contributed by atoms with E-state index in [9.17, 15) is 5.11 Å².